The quantitative estimate of drug-likeness (QED) is 0.762. The van der Waals surface area contributed by atoms with Crippen LogP contribution < -0.4 is 4.74 Å². The molecule has 1 fully saturated rings. The molecule has 1 aliphatic heterocycles. The van der Waals surface area contributed by atoms with Crippen molar-refractivity contribution in [2.24, 2.45) is 0 Å². The van der Waals surface area contributed by atoms with Crippen LogP contribution in [0.3, 0.4) is 0 Å². The molecule has 8 heteroatoms. The van der Waals surface area contributed by atoms with Crippen molar-refractivity contribution >= 4 is 40.4 Å². The third-order valence-electron chi connectivity index (χ3n) is 4.41. The molecule has 1 saturated heterocycles. The van der Waals surface area contributed by atoms with E-state index >= 15 is 0 Å². The third-order valence-corrected chi connectivity index (χ3v) is 5.90. The summed E-state index contributed by atoms with van der Waals surface area (Å²) in [6, 6.07) is 11.1. The summed E-state index contributed by atoms with van der Waals surface area (Å²) in [6.45, 7) is 2.31. The third kappa shape index (κ3) is 3.97. The molecule has 0 radical (unpaired) electrons. The minimum Gasteiger partial charge on any atom is -0.497 e. The van der Waals surface area contributed by atoms with Gasteiger partial charge in [-0.2, -0.15) is 5.26 Å². The predicted molar refractivity (Wildman–Crippen MR) is 103 cm³/mol. The molecule has 26 heavy (non-hydrogen) atoms. The maximum absolute atomic E-state index is 12.6. The molecule has 1 aliphatic rings. The van der Waals surface area contributed by atoms with Gasteiger partial charge in [-0.3, -0.25) is 9.69 Å². The number of rotatable bonds is 4. The second kappa shape index (κ2) is 8.28. The number of nitriles is 1. The molecule has 0 N–H and O–H groups in total. The first-order valence-electron chi connectivity index (χ1n) is 8.05. The Bertz CT molecular complexity index is 824. The van der Waals surface area contributed by atoms with Crippen molar-refractivity contribution in [2.75, 3.05) is 33.3 Å². The smallest absolute Gasteiger partial charge is 0.256 e. The zero-order valence-corrected chi connectivity index (χ0v) is 16.4. The highest BCUT2D eigenvalue weighted by atomic mass is 35.5. The van der Waals surface area contributed by atoms with Gasteiger partial charge in [0.05, 0.1) is 23.1 Å². The maximum atomic E-state index is 12.6. The molecule has 0 saturated carbocycles. The minimum atomic E-state index is -0.350. The van der Waals surface area contributed by atoms with Crippen LogP contribution in [-0.2, 0) is 0 Å². The van der Waals surface area contributed by atoms with Gasteiger partial charge in [0, 0.05) is 26.2 Å². The summed E-state index contributed by atoms with van der Waals surface area (Å²) in [5, 5.41) is 9.62. The van der Waals surface area contributed by atoms with Crippen molar-refractivity contribution in [3.05, 3.63) is 50.1 Å². The van der Waals surface area contributed by atoms with Crippen LogP contribution in [0.5, 0.6) is 5.75 Å². The van der Waals surface area contributed by atoms with Crippen LogP contribution in [-0.4, -0.2) is 49.0 Å². The van der Waals surface area contributed by atoms with E-state index in [1.165, 1.54) is 11.3 Å². The van der Waals surface area contributed by atoms with Crippen molar-refractivity contribution in [3.63, 3.8) is 0 Å². The summed E-state index contributed by atoms with van der Waals surface area (Å²) in [5.74, 6) is 0.642. The largest absolute Gasteiger partial charge is 0.497 e. The predicted octanol–water partition coefficient (Wildman–Crippen LogP) is 4.09. The van der Waals surface area contributed by atoms with Gasteiger partial charge in [-0.15, -0.1) is 11.3 Å². The summed E-state index contributed by atoms with van der Waals surface area (Å²) < 4.78 is 6.08. The van der Waals surface area contributed by atoms with Crippen molar-refractivity contribution in [3.8, 4) is 11.8 Å². The molecule has 5 nitrogen and oxygen atoms in total. The highest BCUT2D eigenvalue weighted by Gasteiger charge is 2.28. The van der Waals surface area contributed by atoms with E-state index in [0.717, 1.165) is 11.3 Å². The Hall–Kier alpha value is -1.78. The number of methoxy groups -OCH3 is 1. The molecule has 2 aromatic rings. The Morgan fingerprint density at radius 1 is 1.23 bits per heavy atom. The summed E-state index contributed by atoms with van der Waals surface area (Å²) in [7, 11) is 1.61. The molecule has 136 valence electrons. The van der Waals surface area contributed by atoms with Gasteiger partial charge in [-0.1, -0.05) is 35.3 Å². The Labute approximate surface area is 166 Å². The zero-order valence-electron chi connectivity index (χ0n) is 14.1. The standard InChI is InChI=1S/C18H17Cl2N3O2S/c1-25-13-4-2-12(3-5-13)15(11-21)22-6-8-23(9-7-22)18(24)14-10-16(19)26-17(14)20/h2-5,10,15H,6-9H2,1H3. The first kappa shape index (κ1) is 19.0. The number of amides is 1. The molecular weight excluding hydrogens is 393 g/mol. The van der Waals surface area contributed by atoms with Gasteiger partial charge in [-0.25, -0.2) is 0 Å². The van der Waals surface area contributed by atoms with Gasteiger partial charge in [0.25, 0.3) is 5.91 Å². The topological polar surface area (TPSA) is 56.6 Å². The number of thiophene rings is 1. The lowest BCUT2D eigenvalue weighted by Crippen LogP contribution is -2.49. The van der Waals surface area contributed by atoms with Crippen molar-refractivity contribution in [2.45, 2.75) is 6.04 Å². The van der Waals surface area contributed by atoms with Crippen LogP contribution in [0.1, 0.15) is 22.0 Å². The van der Waals surface area contributed by atoms with E-state index in [2.05, 4.69) is 11.0 Å². The SMILES string of the molecule is COc1ccc(C(C#N)N2CCN(C(=O)c3cc(Cl)sc3Cl)CC2)cc1. The molecule has 3 rings (SSSR count). The van der Waals surface area contributed by atoms with Crippen molar-refractivity contribution in [1.82, 2.24) is 9.80 Å². The zero-order chi connectivity index (χ0) is 18.7. The number of nitrogens with zero attached hydrogens (tertiary/aromatic N) is 3. The fourth-order valence-electron chi connectivity index (χ4n) is 2.99. The molecule has 2 heterocycles. The van der Waals surface area contributed by atoms with E-state index in [0.29, 0.717) is 40.4 Å². The second-order valence-electron chi connectivity index (χ2n) is 5.87. The Morgan fingerprint density at radius 2 is 1.88 bits per heavy atom. The highest BCUT2D eigenvalue weighted by Crippen LogP contribution is 2.32. The summed E-state index contributed by atoms with van der Waals surface area (Å²) in [4.78, 5) is 16.4. The fourth-order valence-corrected chi connectivity index (χ4v) is 4.44. The van der Waals surface area contributed by atoms with Gasteiger partial charge in [-0.05, 0) is 23.8 Å². The number of halogens is 2. The normalized spacial score (nSPS) is 16.2. The Kier molecular flexibility index (Phi) is 6.05. The number of hydrogen-bond acceptors (Lipinski definition) is 5. The van der Waals surface area contributed by atoms with Gasteiger partial charge in [0.1, 0.15) is 16.1 Å². The average Bonchev–Trinajstić information content (AvgIpc) is 3.01. The molecule has 1 atom stereocenters. The van der Waals surface area contributed by atoms with E-state index in [-0.39, 0.29) is 11.9 Å². The number of ether oxygens (including phenoxy) is 1. The van der Waals surface area contributed by atoms with Crippen LogP contribution in [0.15, 0.2) is 30.3 Å². The van der Waals surface area contributed by atoms with Crippen molar-refractivity contribution < 1.29 is 9.53 Å². The molecule has 0 aliphatic carbocycles. The number of carbonyl (C=O) groups excluding carboxylic acids is 1. The van der Waals surface area contributed by atoms with E-state index in [4.69, 9.17) is 27.9 Å². The molecule has 1 aromatic carbocycles. The van der Waals surface area contributed by atoms with Crippen LogP contribution in [0, 0.1) is 11.3 Å². The van der Waals surface area contributed by atoms with Crippen LogP contribution in [0.25, 0.3) is 0 Å². The van der Waals surface area contributed by atoms with Gasteiger partial charge in [0.15, 0.2) is 0 Å². The molecule has 1 aromatic heterocycles. The number of benzene rings is 1. The first-order valence-corrected chi connectivity index (χ1v) is 9.62. The molecule has 1 amide bonds. The lowest BCUT2D eigenvalue weighted by molar-refractivity contribution is 0.0607. The molecular formula is C18H17Cl2N3O2S. The fraction of sp³-hybridized carbons (Fsp3) is 0.333. The summed E-state index contributed by atoms with van der Waals surface area (Å²) in [6.07, 6.45) is 0. The number of piperazine rings is 1. The van der Waals surface area contributed by atoms with Gasteiger partial charge in [0.2, 0.25) is 0 Å². The monoisotopic (exact) mass is 409 g/mol. The molecule has 0 spiro atoms. The van der Waals surface area contributed by atoms with Gasteiger partial charge < -0.3 is 9.64 Å². The lowest BCUT2D eigenvalue weighted by atomic mass is 10.1. The molecule has 0 bridgehead atoms. The average molecular weight is 410 g/mol. The summed E-state index contributed by atoms with van der Waals surface area (Å²) in [5.41, 5.74) is 1.36. The van der Waals surface area contributed by atoms with E-state index in [9.17, 15) is 10.1 Å². The Morgan fingerprint density at radius 3 is 2.38 bits per heavy atom. The summed E-state index contributed by atoms with van der Waals surface area (Å²) >= 11 is 13.2. The highest BCUT2D eigenvalue weighted by molar-refractivity contribution is 7.20. The van der Waals surface area contributed by atoms with E-state index in [1.807, 2.05) is 24.3 Å². The second-order valence-corrected chi connectivity index (χ2v) is 8.16. The Balaban J connectivity index is 1.66. The minimum absolute atomic E-state index is 0.115. The number of hydrogen-bond donors (Lipinski definition) is 0. The van der Waals surface area contributed by atoms with Crippen LogP contribution in [0.4, 0.5) is 0 Å². The first-order chi connectivity index (χ1) is 12.5. The molecule has 1 unspecified atom stereocenters. The van der Waals surface area contributed by atoms with E-state index < -0.39 is 0 Å². The number of carbonyl (C=O) groups is 1. The van der Waals surface area contributed by atoms with Gasteiger partial charge >= 0.3 is 0 Å². The maximum Gasteiger partial charge on any atom is 0.256 e. The lowest BCUT2D eigenvalue weighted by Gasteiger charge is -2.37. The van der Waals surface area contributed by atoms with E-state index in [1.54, 1.807) is 18.1 Å². The van der Waals surface area contributed by atoms with Crippen molar-refractivity contribution in [1.29, 1.82) is 5.26 Å². The van der Waals surface area contributed by atoms with Crippen LogP contribution >= 0.6 is 34.5 Å². The van der Waals surface area contributed by atoms with Crippen LogP contribution in [0.2, 0.25) is 8.67 Å².